The predicted octanol–water partition coefficient (Wildman–Crippen LogP) is 3.48. The van der Waals surface area contributed by atoms with Crippen LogP contribution in [0.4, 0.5) is 0 Å². The zero-order valence-electron chi connectivity index (χ0n) is 14.9. The second-order valence-electron chi connectivity index (χ2n) is 7.41. The van der Waals surface area contributed by atoms with Crippen LogP contribution in [0.15, 0.2) is 42.7 Å². The van der Waals surface area contributed by atoms with Crippen LogP contribution in [0.25, 0.3) is 0 Å². The fourth-order valence-electron chi connectivity index (χ4n) is 3.67. The van der Waals surface area contributed by atoms with Crippen molar-refractivity contribution in [1.29, 1.82) is 0 Å². The maximum Gasteiger partial charge on any atom is 0.256 e. The molecule has 1 fully saturated rings. The summed E-state index contributed by atoms with van der Waals surface area (Å²) in [7, 11) is 1.87. The third-order valence-electron chi connectivity index (χ3n) is 5.36. The Morgan fingerprint density at radius 2 is 1.75 bits per heavy atom. The fraction of sp³-hybridized carbons (Fsp3) is 0.450. The van der Waals surface area contributed by atoms with E-state index in [2.05, 4.69) is 48.1 Å². The minimum absolute atomic E-state index is 0.0179. The van der Waals surface area contributed by atoms with E-state index < -0.39 is 0 Å². The summed E-state index contributed by atoms with van der Waals surface area (Å²) in [5.41, 5.74) is 2.09. The molecule has 24 heavy (non-hydrogen) atoms. The lowest BCUT2D eigenvalue weighted by atomic mass is 9.87. The van der Waals surface area contributed by atoms with Crippen LogP contribution in [-0.2, 0) is 11.8 Å². The number of carbonyl (C=O) groups excluding carboxylic acids is 1. The first-order valence-electron chi connectivity index (χ1n) is 8.51. The summed E-state index contributed by atoms with van der Waals surface area (Å²) in [6.07, 6.45) is 5.14. The van der Waals surface area contributed by atoms with Crippen molar-refractivity contribution in [3.8, 4) is 0 Å². The van der Waals surface area contributed by atoms with Crippen molar-refractivity contribution in [2.24, 2.45) is 5.41 Å². The summed E-state index contributed by atoms with van der Waals surface area (Å²) in [6, 6.07) is 10.5. The zero-order valence-corrected chi connectivity index (χ0v) is 14.9. The van der Waals surface area contributed by atoms with Gasteiger partial charge in [0.25, 0.3) is 5.91 Å². The molecular weight excluding hydrogens is 298 g/mol. The molecule has 0 aliphatic heterocycles. The summed E-state index contributed by atoms with van der Waals surface area (Å²) in [5, 5.41) is 0. The van der Waals surface area contributed by atoms with E-state index in [9.17, 15) is 4.79 Å². The Kier molecular flexibility index (Phi) is 4.16. The van der Waals surface area contributed by atoms with Crippen molar-refractivity contribution in [1.82, 2.24) is 14.9 Å². The van der Waals surface area contributed by atoms with E-state index in [4.69, 9.17) is 0 Å². The number of likely N-dealkylation sites (N-methyl/N-ethyl adjacent to an activating group) is 1. The van der Waals surface area contributed by atoms with Gasteiger partial charge in [0.15, 0.2) is 0 Å². The first-order chi connectivity index (χ1) is 11.4. The first kappa shape index (κ1) is 16.6. The molecule has 1 saturated carbocycles. The van der Waals surface area contributed by atoms with Gasteiger partial charge in [0.05, 0.1) is 5.56 Å². The summed E-state index contributed by atoms with van der Waals surface area (Å²) in [6.45, 7) is 7.26. The van der Waals surface area contributed by atoms with Crippen molar-refractivity contribution in [3.63, 3.8) is 0 Å². The number of aryl methyl sites for hydroxylation is 1. The maximum atomic E-state index is 12.7. The summed E-state index contributed by atoms with van der Waals surface area (Å²) >= 11 is 0. The number of amides is 1. The van der Waals surface area contributed by atoms with Gasteiger partial charge in [0, 0.05) is 37.8 Å². The van der Waals surface area contributed by atoms with Gasteiger partial charge in [-0.1, -0.05) is 51.1 Å². The molecular formula is C20H25N3O. The normalized spacial score (nSPS) is 21.3. The smallest absolute Gasteiger partial charge is 0.256 e. The van der Waals surface area contributed by atoms with E-state index in [0.717, 1.165) is 18.7 Å². The third kappa shape index (κ3) is 2.81. The van der Waals surface area contributed by atoms with Crippen LogP contribution in [-0.4, -0.2) is 34.4 Å². The largest absolute Gasteiger partial charge is 0.341 e. The highest BCUT2D eigenvalue weighted by atomic mass is 16.2. The van der Waals surface area contributed by atoms with E-state index >= 15 is 0 Å². The molecule has 4 nitrogen and oxygen atoms in total. The van der Waals surface area contributed by atoms with Gasteiger partial charge in [-0.25, -0.2) is 9.97 Å². The second-order valence-corrected chi connectivity index (χ2v) is 7.41. The Morgan fingerprint density at radius 1 is 1.17 bits per heavy atom. The lowest BCUT2D eigenvalue weighted by Gasteiger charge is -2.27. The minimum Gasteiger partial charge on any atom is -0.341 e. The molecule has 1 aliphatic carbocycles. The number of carbonyl (C=O) groups is 1. The number of nitrogens with zero attached hydrogens (tertiary/aromatic N) is 3. The Morgan fingerprint density at radius 3 is 2.25 bits per heavy atom. The topological polar surface area (TPSA) is 46.1 Å². The van der Waals surface area contributed by atoms with Crippen molar-refractivity contribution >= 4 is 5.91 Å². The molecule has 0 bridgehead atoms. The van der Waals surface area contributed by atoms with Crippen molar-refractivity contribution in [2.45, 2.75) is 39.0 Å². The monoisotopic (exact) mass is 323 g/mol. The van der Waals surface area contributed by atoms with Crippen LogP contribution in [0, 0.1) is 5.41 Å². The molecule has 1 heterocycles. The van der Waals surface area contributed by atoms with E-state index in [0.29, 0.717) is 12.1 Å². The molecule has 1 atom stereocenters. The van der Waals surface area contributed by atoms with Crippen LogP contribution in [0.3, 0.4) is 0 Å². The molecule has 2 aromatic rings. The van der Waals surface area contributed by atoms with E-state index in [1.54, 1.807) is 12.4 Å². The molecule has 4 heteroatoms. The molecule has 1 aliphatic rings. The Balaban J connectivity index is 1.79. The standard InChI is InChI=1S/C20H25N3O/c1-5-17-21-11-15(12-22-17)18(24)23(4)14-20(13-19(20,2)3)16-9-7-6-8-10-16/h6-12H,5,13-14H2,1-4H3. The Hall–Kier alpha value is -2.23. The summed E-state index contributed by atoms with van der Waals surface area (Å²) in [5.74, 6) is 0.744. The van der Waals surface area contributed by atoms with Crippen LogP contribution >= 0.6 is 0 Å². The van der Waals surface area contributed by atoms with Gasteiger partial charge in [-0.15, -0.1) is 0 Å². The van der Waals surface area contributed by atoms with Crippen molar-refractivity contribution in [2.75, 3.05) is 13.6 Å². The van der Waals surface area contributed by atoms with Gasteiger partial charge < -0.3 is 4.90 Å². The molecule has 3 rings (SSSR count). The predicted molar refractivity (Wildman–Crippen MR) is 94.9 cm³/mol. The fourth-order valence-corrected chi connectivity index (χ4v) is 3.67. The number of aromatic nitrogens is 2. The first-order valence-corrected chi connectivity index (χ1v) is 8.51. The number of benzene rings is 1. The third-order valence-corrected chi connectivity index (χ3v) is 5.36. The molecule has 1 aromatic heterocycles. The summed E-state index contributed by atoms with van der Waals surface area (Å²) < 4.78 is 0. The number of hydrogen-bond donors (Lipinski definition) is 0. The van der Waals surface area contributed by atoms with Crippen LogP contribution in [0.5, 0.6) is 0 Å². The molecule has 0 radical (unpaired) electrons. The molecule has 1 aromatic carbocycles. The maximum absolute atomic E-state index is 12.7. The molecule has 1 unspecified atom stereocenters. The van der Waals surface area contributed by atoms with Gasteiger partial charge in [0.2, 0.25) is 0 Å². The lowest BCUT2D eigenvalue weighted by Crippen LogP contribution is -2.36. The Bertz CT molecular complexity index is 724. The molecule has 1 amide bonds. The van der Waals surface area contributed by atoms with Crippen LogP contribution in [0.1, 0.15) is 48.9 Å². The van der Waals surface area contributed by atoms with Gasteiger partial charge in [-0.05, 0) is 17.4 Å². The molecule has 126 valence electrons. The number of rotatable bonds is 5. The quantitative estimate of drug-likeness (QED) is 0.846. The van der Waals surface area contributed by atoms with Gasteiger partial charge >= 0.3 is 0 Å². The van der Waals surface area contributed by atoms with E-state index in [-0.39, 0.29) is 16.7 Å². The average Bonchev–Trinajstić information content (AvgIpc) is 3.16. The van der Waals surface area contributed by atoms with Gasteiger partial charge in [0.1, 0.15) is 5.82 Å². The van der Waals surface area contributed by atoms with E-state index in [1.807, 2.05) is 24.9 Å². The van der Waals surface area contributed by atoms with Gasteiger partial charge in [-0.2, -0.15) is 0 Å². The van der Waals surface area contributed by atoms with Crippen LogP contribution < -0.4 is 0 Å². The van der Waals surface area contributed by atoms with Crippen molar-refractivity contribution < 1.29 is 4.79 Å². The Labute approximate surface area is 143 Å². The van der Waals surface area contributed by atoms with Gasteiger partial charge in [-0.3, -0.25) is 4.79 Å². The minimum atomic E-state index is -0.0179. The average molecular weight is 323 g/mol. The zero-order chi connectivity index (χ0) is 17.4. The van der Waals surface area contributed by atoms with Crippen LogP contribution in [0.2, 0.25) is 0 Å². The lowest BCUT2D eigenvalue weighted by molar-refractivity contribution is 0.0774. The second kappa shape index (κ2) is 6.00. The number of hydrogen-bond acceptors (Lipinski definition) is 3. The molecule has 0 N–H and O–H groups in total. The molecule has 0 spiro atoms. The summed E-state index contributed by atoms with van der Waals surface area (Å²) in [4.78, 5) is 23.0. The highest BCUT2D eigenvalue weighted by Crippen LogP contribution is 2.64. The highest BCUT2D eigenvalue weighted by Gasteiger charge is 2.62. The van der Waals surface area contributed by atoms with Crippen molar-refractivity contribution in [3.05, 3.63) is 59.7 Å². The molecule has 0 saturated heterocycles. The SMILES string of the molecule is CCc1ncc(C(=O)N(C)CC2(c3ccccc3)CC2(C)C)cn1. The van der Waals surface area contributed by atoms with E-state index in [1.165, 1.54) is 5.56 Å². The highest BCUT2D eigenvalue weighted by molar-refractivity contribution is 5.93.